The van der Waals surface area contributed by atoms with E-state index in [9.17, 15) is 0 Å². The first-order valence-corrected chi connectivity index (χ1v) is 5.16. The summed E-state index contributed by atoms with van der Waals surface area (Å²) >= 11 is 4.25. The molecule has 2 rings (SSSR count). The van der Waals surface area contributed by atoms with Crippen LogP contribution >= 0.6 is 12.6 Å². The lowest BCUT2D eigenvalue weighted by molar-refractivity contribution is 0.845. The topological polar surface area (TPSA) is 17.8 Å². The first kappa shape index (κ1) is 9.34. The summed E-state index contributed by atoms with van der Waals surface area (Å²) < 4.78 is 1.94. The lowest BCUT2D eigenvalue weighted by Crippen LogP contribution is -1.98. The number of rotatable bonds is 2. The molecular formula is C11H12N2S. The lowest BCUT2D eigenvalue weighted by atomic mass is 10.3. The van der Waals surface area contributed by atoms with Gasteiger partial charge in [0, 0.05) is 17.0 Å². The van der Waals surface area contributed by atoms with E-state index in [1.807, 2.05) is 41.2 Å². The third-order valence-electron chi connectivity index (χ3n) is 2.28. The molecule has 0 aliphatic heterocycles. The van der Waals surface area contributed by atoms with Crippen molar-refractivity contribution in [1.29, 1.82) is 0 Å². The fourth-order valence-electron chi connectivity index (χ4n) is 1.43. The highest BCUT2D eigenvalue weighted by atomic mass is 32.1. The molecule has 0 fully saturated rings. The van der Waals surface area contributed by atoms with Crippen LogP contribution in [0, 0.1) is 6.92 Å². The predicted molar refractivity (Wildman–Crippen MR) is 61.0 cm³/mol. The smallest absolute Gasteiger partial charge is 0.0648 e. The van der Waals surface area contributed by atoms with E-state index in [0.717, 1.165) is 17.1 Å². The van der Waals surface area contributed by atoms with Crippen molar-refractivity contribution in [2.45, 2.75) is 12.7 Å². The van der Waals surface area contributed by atoms with E-state index in [4.69, 9.17) is 0 Å². The van der Waals surface area contributed by atoms with Gasteiger partial charge < -0.3 is 0 Å². The number of hydrogen-bond acceptors (Lipinski definition) is 2. The number of hydrogen-bond donors (Lipinski definition) is 1. The molecule has 0 N–H and O–H groups in total. The summed E-state index contributed by atoms with van der Waals surface area (Å²) in [4.78, 5) is 0. The van der Waals surface area contributed by atoms with E-state index in [1.54, 1.807) is 0 Å². The molecule has 0 radical (unpaired) electrons. The zero-order valence-corrected chi connectivity index (χ0v) is 8.91. The Morgan fingerprint density at radius 3 is 2.57 bits per heavy atom. The number of benzene rings is 1. The van der Waals surface area contributed by atoms with Crippen LogP contribution in [0.5, 0.6) is 0 Å². The van der Waals surface area contributed by atoms with Gasteiger partial charge in [0.2, 0.25) is 0 Å². The van der Waals surface area contributed by atoms with Crippen LogP contribution in [0.25, 0.3) is 5.69 Å². The van der Waals surface area contributed by atoms with Crippen LogP contribution in [0.1, 0.15) is 11.3 Å². The van der Waals surface area contributed by atoms with Crippen LogP contribution in [0.3, 0.4) is 0 Å². The number of nitrogens with zero attached hydrogens (tertiary/aromatic N) is 2. The molecule has 1 heterocycles. The molecule has 3 heteroatoms. The summed E-state index contributed by atoms with van der Waals surface area (Å²) in [6, 6.07) is 10.1. The van der Waals surface area contributed by atoms with Crippen LogP contribution in [0.2, 0.25) is 0 Å². The maximum absolute atomic E-state index is 4.32. The van der Waals surface area contributed by atoms with Gasteiger partial charge in [-0.15, -0.1) is 0 Å². The van der Waals surface area contributed by atoms with E-state index < -0.39 is 0 Å². The molecule has 0 saturated heterocycles. The average molecular weight is 204 g/mol. The van der Waals surface area contributed by atoms with Crippen LogP contribution in [0.4, 0.5) is 0 Å². The van der Waals surface area contributed by atoms with Crippen molar-refractivity contribution in [2.24, 2.45) is 0 Å². The molecule has 0 aliphatic rings. The minimum absolute atomic E-state index is 0.735. The molecule has 0 saturated carbocycles. The highest BCUT2D eigenvalue weighted by Gasteiger charge is 2.05. The van der Waals surface area contributed by atoms with Gasteiger partial charge in [0.1, 0.15) is 0 Å². The van der Waals surface area contributed by atoms with Gasteiger partial charge >= 0.3 is 0 Å². The van der Waals surface area contributed by atoms with Crippen molar-refractivity contribution in [3.05, 3.63) is 47.8 Å². The van der Waals surface area contributed by atoms with Crippen molar-refractivity contribution in [1.82, 2.24) is 9.78 Å². The third kappa shape index (κ3) is 1.55. The van der Waals surface area contributed by atoms with Gasteiger partial charge in [-0.3, -0.25) is 0 Å². The second-order valence-electron chi connectivity index (χ2n) is 3.16. The summed E-state index contributed by atoms with van der Waals surface area (Å²) in [6.07, 6.45) is 1.87. The molecule has 0 bridgehead atoms. The average Bonchev–Trinajstić information content (AvgIpc) is 2.61. The minimum atomic E-state index is 0.735. The molecule has 14 heavy (non-hydrogen) atoms. The van der Waals surface area contributed by atoms with Crippen molar-refractivity contribution in [3.8, 4) is 5.69 Å². The van der Waals surface area contributed by atoms with Gasteiger partial charge in [-0.1, -0.05) is 18.2 Å². The monoisotopic (exact) mass is 204 g/mol. The van der Waals surface area contributed by atoms with E-state index in [-0.39, 0.29) is 0 Å². The Kier molecular flexibility index (Phi) is 2.59. The van der Waals surface area contributed by atoms with Gasteiger partial charge in [-0.2, -0.15) is 17.7 Å². The quantitative estimate of drug-likeness (QED) is 0.744. The summed E-state index contributed by atoms with van der Waals surface area (Å²) in [6.45, 7) is 2.06. The number of thiol groups is 1. The van der Waals surface area contributed by atoms with E-state index in [2.05, 4.69) is 24.7 Å². The summed E-state index contributed by atoms with van der Waals surface area (Å²) in [5.74, 6) is 0.735. The zero-order chi connectivity index (χ0) is 9.97. The Hall–Kier alpha value is -1.22. The fraction of sp³-hybridized carbons (Fsp3) is 0.182. The highest BCUT2D eigenvalue weighted by Crippen LogP contribution is 2.14. The Bertz CT molecular complexity index is 420. The molecule has 2 aromatic rings. The van der Waals surface area contributed by atoms with Crippen molar-refractivity contribution in [2.75, 3.05) is 0 Å². The van der Waals surface area contributed by atoms with Crippen LogP contribution in [-0.2, 0) is 5.75 Å². The molecule has 0 atom stereocenters. The van der Waals surface area contributed by atoms with Crippen LogP contribution < -0.4 is 0 Å². The Labute approximate surface area is 89.0 Å². The first-order valence-electron chi connectivity index (χ1n) is 4.52. The Morgan fingerprint density at radius 1 is 1.29 bits per heavy atom. The zero-order valence-electron chi connectivity index (χ0n) is 8.01. The SMILES string of the molecule is Cc1c(CS)cnn1-c1ccccc1. The number of aromatic nitrogens is 2. The summed E-state index contributed by atoms with van der Waals surface area (Å²) in [5, 5.41) is 4.32. The van der Waals surface area contributed by atoms with Crippen LogP contribution in [0.15, 0.2) is 36.5 Å². The van der Waals surface area contributed by atoms with Gasteiger partial charge in [-0.25, -0.2) is 4.68 Å². The second kappa shape index (κ2) is 3.88. The normalized spacial score (nSPS) is 10.4. The van der Waals surface area contributed by atoms with Gasteiger partial charge in [0.15, 0.2) is 0 Å². The largest absolute Gasteiger partial charge is 0.238 e. The Morgan fingerprint density at radius 2 is 2.00 bits per heavy atom. The lowest BCUT2D eigenvalue weighted by Gasteiger charge is -2.03. The summed E-state index contributed by atoms with van der Waals surface area (Å²) in [5.41, 5.74) is 3.43. The van der Waals surface area contributed by atoms with Crippen molar-refractivity contribution >= 4 is 12.6 Å². The fourth-order valence-corrected chi connectivity index (χ4v) is 1.74. The molecule has 0 aliphatic carbocycles. The molecule has 0 amide bonds. The molecule has 2 nitrogen and oxygen atoms in total. The van der Waals surface area contributed by atoms with Crippen molar-refractivity contribution < 1.29 is 0 Å². The van der Waals surface area contributed by atoms with Crippen LogP contribution in [-0.4, -0.2) is 9.78 Å². The third-order valence-corrected chi connectivity index (χ3v) is 2.62. The minimum Gasteiger partial charge on any atom is -0.238 e. The predicted octanol–water partition coefficient (Wildman–Crippen LogP) is 2.61. The molecule has 0 spiro atoms. The second-order valence-corrected chi connectivity index (χ2v) is 3.48. The molecule has 1 aromatic carbocycles. The first-order chi connectivity index (χ1) is 6.83. The molecule has 1 aromatic heterocycles. The van der Waals surface area contributed by atoms with E-state index in [1.165, 1.54) is 5.56 Å². The number of para-hydroxylation sites is 1. The highest BCUT2D eigenvalue weighted by molar-refractivity contribution is 7.79. The molecule has 0 unspecified atom stereocenters. The van der Waals surface area contributed by atoms with E-state index in [0.29, 0.717) is 0 Å². The summed E-state index contributed by atoms with van der Waals surface area (Å²) in [7, 11) is 0. The van der Waals surface area contributed by atoms with E-state index >= 15 is 0 Å². The maximum atomic E-state index is 4.32. The van der Waals surface area contributed by atoms with Gasteiger partial charge in [0.25, 0.3) is 0 Å². The van der Waals surface area contributed by atoms with Crippen molar-refractivity contribution in [3.63, 3.8) is 0 Å². The Balaban J connectivity index is 2.48. The molecule has 72 valence electrons. The maximum Gasteiger partial charge on any atom is 0.0648 e. The standard InChI is InChI=1S/C11H12N2S/c1-9-10(8-14)7-12-13(9)11-5-3-2-4-6-11/h2-7,14H,8H2,1H3. The molecular weight excluding hydrogens is 192 g/mol. The van der Waals surface area contributed by atoms with Gasteiger partial charge in [0.05, 0.1) is 11.9 Å². The van der Waals surface area contributed by atoms with Gasteiger partial charge in [-0.05, 0) is 19.1 Å².